The zero-order chi connectivity index (χ0) is 14.9. The van der Waals surface area contributed by atoms with Crippen LogP contribution in [-0.2, 0) is 29.4 Å². The third kappa shape index (κ3) is 3.30. The SMILES string of the molecule is Cc1nnc(CNS(=O)(=O)c2ccc3c(c2)CCCC3)s1. The molecule has 0 fully saturated rings. The number of nitrogens with one attached hydrogen (secondary N) is 1. The second-order valence-corrected chi connectivity index (χ2v) is 8.21. The molecule has 0 saturated carbocycles. The zero-order valence-electron chi connectivity index (χ0n) is 11.8. The number of fused-ring (bicyclic) bond motifs is 1. The Labute approximate surface area is 128 Å². The Balaban J connectivity index is 1.78. The van der Waals surface area contributed by atoms with Gasteiger partial charge in [0.25, 0.3) is 0 Å². The molecule has 2 aromatic rings. The van der Waals surface area contributed by atoms with E-state index >= 15 is 0 Å². The fourth-order valence-corrected chi connectivity index (χ4v) is 4.30. The molecule has 1 aliphatic rings. The molecule has 7 heteroatoms. The van der Waals surface area contributed by atoms with Crippen LogP contribution in [0.3, 0.4) is 0 Å². The van der Waals surface area contributed by atoms with Crippen LogP contribution in [0.25, 0.3) is 0 Å². The molecule has 112 valence electrons. The van der Waals surface area contributed by atoms with Gasteiger partial charge in [0.05, 0.1) is 11.4 Å². The highest BCUT2D eigenvalue weighted by Gasteiger charge is 2.18. The lowest BCUT2D eigenvalue weighted by atomic mass is 9.92. The maximum Gasteiger partial charge on any atom is 0.240 e. The molecule has 0 bridgehead atoms. The highest BCUT2D eigenvalue weighted by Crippen LogP contribution is 2.24. The molecule has 0 amide bonds. The molecule has 1 aromatic carbocycles. The van der Waals surface area contributed by atoms with Gasteiger partial charge in [0.1, 0.15) is 10.0 Å². The molecule has 0 unspecified atom stereocenters. The number of rotatable bonds is 4. The monoisotopic (exact) mass is 323 g/mol. The second kappa shape index (κ2) is 5.82. The average Bonchev–Trinajstić information content (AvgIpc) is 2.90. The molecular formula is C14H17N3O2S2. The van der Waals surface area contributed by atoms with Crippen LogP contribution in [0.5, 0.6) is 0 Å². The van der Waals surface area contributed by atoms with E-state index < -0.39 is 10.0 Å². The van der Waals surface area contributed by atoms with E-state index in [1.807, 2.05) is 19.1 Å². The lowest BCUT2D eigenvalue weighted by Gasteiger charge is -2.16. The van der Waals surface area contributed by atoms with Crippen molar-refractivity contribution in [3.05, 3.63) is 39.3 Å². The largest absolute Gasteiger partial charge is 0.240 e. The summed E-state index contributed by atoms with van der Waals surface area (Å²) < 4.78 is 27.3. The minimum absolute atomic E-state index is 0.185. The van der Waals surface area contributed by atoms with Gasteiger partial charge < -0.3 is 0 Å². The summed E-state index contributed by atoms with van der Waals surface area (Å²) in [5.74, 6) is 0. The van der Waals surface area contributed by atoms with Gasteiger partial charge in [0.15, 0.2) is 0 Å². The zero-order valence-corrected chi connectivity index (χ0v) is 13.4. The summed E-state index contributed by atoms with van der Waals surface area (Å²) in [5.41, 5.74) is 2.44. The van der Waals surface area contributed by atoms with Crippen molar-refractivity contribution in [3.63, 3.8) is 0 Å². The van der Waals surface area contributed by atoms with Gasteiger partial charge in [-0.3, -0.25) is 0 Å². The fourth-order valence-electron chi connectivity index (χ4n) is 2.53. The van der Waals surface area contributed by atoms with Gasteiger partial charge in [-0.2, -0.15) is 0 Å². The molecule has 5 nitrogen and oxygen atoms in total. The molecule has 3 rings (SSSR count). The lowest BCUT2D eigenvalue weighted by Crippen LogP contribution is -2.23. The summed E-state index contributed by atoms with van der Waals surface area (Å²) in [4.78, 5) is 0.337. The first-order chi connectivity index (χ1) is 10.0. The maximum atomic E-state index is 12.3. The van der Waals surface area contributed by atoms with Gasteiger partial charge in [-0.05, 0) is 55.9 Å². The Morgan fingerprint density at radius 1 is 1.19 bits per heavy atom. The van der Waals surface area contributed by atoms with Crippen molar-refractivity contribution in [3.8, 4) is 0 Å². The van der Waals surface area contributed by atoms with E-state index in [4.69, 9.17) is 0 Å². The number of aryl methyl sites for hydroxylation is 3. The molecule has 1 aliphatic carbocycles. The van der Waals surface area contributed by atoms with Gasteiger partial charge in [0, 0.05) is 0 Å². The second-order valence-electron chi connectivity index (χ2n) is 5.18. The molecule has 0 atom stereocenters. The first-order valence-corrected chi connectivity index (χ1v) is 9.25. The van der Waals surface area contributed by atoms with Crippen LogP contribution in [0.4, 0.5) is 0 Å². The van der Waals surface area contributed by atoms with E-state index in [1.165, 1.54) is 23.3 Å². The molecule has 1 aromatic heterocycles. The predicted molar refractivity (Wildman–Crippen MR) is 81.8 cm³/mol. The Bertz CT molecular complexity index is 753. The van der Waals surface area contributed by atoms with Crippen molar-refractivity contribution in [1.29, 1.82) is 0 Å². The van der Waals surface area contributed by atoms with Crippen LogP contribution in [0.15, 0.2) is 23.1 Å². The summed E-state index contributed by atoms with van der Waals surface area (Å²) in [6.07, 6.45) is 4.34. The van der Waals surface area contributed by atoms with E-state index in [9.17, 15) is 8.42 Å². The summed E-state index contributed by atoms with van der Waals surface area (Å²) in [5, 5.41) is 9.31. The van der Waals surface area contributed by atoms with Crippen LogP contribution in [0.2, 0.25) is 0 Å². The fraction of sp³-hybridized carbons (Fsp3) is 0.429. The number of nitrogens with zero attached hydrogens (tertiary/aromatic N) is 2. The van der Waals surface area contributed by atoms with Crippen molar-refractivity contribution in [2.45, 2.75) is 44.0 Å². The third-order valence-corrected chi connectivity index (χ3v) is 5.85. The first-order valence-electron chi connectivity index (χ1n) is 6.95. The number of hydrogen-bond acceptors (Lipinski definition) is 5. The molecule has 1 heterocycles. The Morgan fingerprint density at radius 3 is 2.67 bits per heavy atom. The van der Waals surface area contributed by atoms with Gasteiger partial charge in [0.2, 0.25) is 10.0 Å². The minimum Gasteiger partial charge on any atom is -0.207 e. The number of sulfonamides is 1. The summed E-state index contributed by atoms with van der Waals surface area (Å²) in [6, 6.07) is 5.44. The maximum absolute atomic E-state index is 12.3. The van der Waals surface area contributed by atoms with Crippen molar-refractivity contribution < 1.29 is 8.42 Å². The minimum atomic E-state index is -3.49. The molecule has 0 spiro atoms. The summed E-state index contributed by atoms with van der Waals surface area (Å²) in [6.45, 7) is 2.03. The Kier molecular flexibility index (Phi) is 4.05. The van der Waals surface area contributed by atoms with Crippen molar-refractivity contribution in [2.75, 3.05) is 0 Å². The first kappa shape index (κ1) is 14.6. The average molecular weight is 323 g/mol. The van der Waals surface area contributed by atoms with Gasteiger partial charge >= 0.3 is 0 Å². The molecule has 1 N–H and O–H groups in total. The molecule has 0 aliphatic heterocycles. The molecular weight excluding hydrogens is 306 g/mol. The number of aromatic nitrogens is 2. The topological polar surface area (TPSA) is 72.0 Å². The van der Waals surface area contributed by atoms with Crippen LogP contribution >= 0.6 is 11.3 Å². The smallest absolute Gasteiger partial charge is 0.207 e. The van der Waals surface area contributed by atoms with Crippen molar-refractivity contribution in [2.24, 2.45) is 0 Å². The Hall–Kier alpha value is -1.31. The molecule has 0 radical (unpaired) electrons. The predicted octanol–water partition coefficient (Wildman–Crippen LogP) is 2.20. The van der Waals surface area contributed by atoms with E-state index in [1.54, 1.807) is 6.07 Å². The molecule has 0 saturated heterocycles. The van der Waals surface area contributed by atoms with E-state index in [-0.39, 0.29) is 6.54 Å². The van der Waals surface area contributed by atoms with E-state index in [0.717, 1.165) is 29.8 Å². The van der Waals surface area contributed by atoms with E-state index in [2.05, 4.69) is 14.9 Å². The highest BCUT2D eigenvalue weighted by atomic mass is 32.2. The van der Waals surface area contributed by atoms with Crippen LogP contribution in [0.1, 0.15) is 34.0 Å². The quantitative estimate of drug-likeness (QED) is 0.936. The standard InChI is InChI=1S/C14H17N3O2S2/c1-10-16-17-14(20-10)9-15-21(18,19)13-7-6-11-4-2-3-5-12(11)8-13/h6-8,15H,2-5,9H2,1H3. The van der Waals surface area contributed by atoms with Gasteiger partial charge in [-0.15, -0.1) is 21.5 Å². The van der Waals surface area contributed by atoms with E-state index in [0.29, 0.717) is 9.90 Å². The normalized spacial score (nSPS) is 14.9. The van der Waals surface area contributed by atoms with Crippen LogP contribution in [0, 0.1) is 6.92 Å². The number of hydrogen-bond donors (Lipinski definition) is 1. The summed E-state index contributed by atoms with van der Waals surface area (Å²) >= 11 is 1.40. The van der Waals surface area contributed by atoms with Crippen LogP contribution in [-0.4, -0.2) is 18.6 Å². The van der Waals surface area contributed by atoms with Crippen LogP contribution < -0.4 is 4.72 Å². The number of benzene rings is 1. The Morgan fingerprint density at radius 2 is 1.95 bits per heavy atom. The van der Waals surface area contributed by atoms with Crippen molar-refractivity contribution >= 4 is 21.4 Å². The van der Waals surface area contributed by atoms with Crippen molar-refractivity contribution in [1.82, 2.24) is 14.9 Å². The lowest BCUT2D eigenvalue weighted by molar-refractivity contribution is 0.580. The van der Waals surface area contributed by atoms with Gasteiger partial charge in [-0.1, -0.05) is 6.07 Å². The summed E-state index contributed by atoms with van der Waals surface area (Å²) in [7, 11) is -3.49. The molecule has 21 heavy (non-hydrogen) atoms. The highest BCUT2D eigenvalue weighted by molar-refractivity contribution is 7.89. The van der Waals surface area contributed by atoms with Gasteiger partial charge in [-0.25, -0.2) is 13.1 Å². The third-order valence-electron chi connectivity index (χ3n) is 3.61.